The summed E-state index contributed by atoms with van der Waals surface area (Å²) in [6.07, 6.45) is 0. The lowest BCUT2D eigenvalue weighted by Gasteiger charge is -2.02. The van der Waals surface area contributed by atoms with Crippen molar-refractivity contribution in [1.82, 2.24) is 0 Å². The highest BCUT2D eigenvalue weighted by Crippen LogP contribution is 2.15. The summed E-state index contributed by atoms with van der Waals surface area (Å²) < 4.78 is 5.30. The zero-order chi connectivity index (χ0) is 10.4. The molecule has 1 rings (SSSR count). The van der Waals surface area contributed by atoms with Crippen molar-refractivity contribution in [3.8, 4) is 17.6 Å². The van der Waals surface area contributed by atoms with Gasteiger partial charge in [0.1, 0.15) is 18.1 Å². The molecule has 0 aromatic heterocycles. The molecule has 0 atom stereocenters. The average Bonchev–Trinajstić information content (AvgIpc) is 2.19. The predicted molar refractivity (Wildman–Crippen MR) is 57.0 cm³/mol. The summed E-state index contributed by atoms with van der Waals surface area (Å²) in [6, 6.07) is 7.04. The molecule has 2 heteroatoms. The molecule has 0 aliphatic rings. The lowest BCUT2D eigenvalue weighted by atomic mass is 10.2. The molecule has 0 unspecified atom stereocenters. The molecular weight excluding hydrogens is 176 g/mol. The van der Waals surface area contributed by atoms with Gasteiger partial charge in [-0.2, -0.15) is 0 Å². The molecule has 0 radical (unpaired) electrons. The van der Waals surface area contributed by atoms with E-state index in [4.69, 9.17) is 9.84 Å². The van der Waals surface area contributed by atoms with Crippen molar-refractivity contribution < 1.29 is 9.84 Å². The van der Waals surface area contributed by atoms with Crippen molar-refractivity contribution in [2.45, 2.75) is 6.92 Å². The quantitative estimate of drug-likeness (QED) is 0.583. The van der Waals surface area contributed by atoms with Crippen molar-refractivity contribution in [1.29, 1.82) is 0 Å². The Morgan fingerprint density at radius 3 is 2.57 bits per heavy atom. The summed E-state index contributed by atoms with van der Waals surface area (Å²) in [6.45, 7) is 5.57. The Hall–Kier alpha value is -1.88. The minimum atomic E-state index is 0.0601. The van der Waals surface area contributed by atoms with Gasteiger partial charge >= 0.3 is 0 Å². The van der Waals surface area contributed by atoms with E-state index in [0.717, 1.165) is 5.75 Å². The number of ether oxygens (including phenoxy) is 1. The first-order valence-corrected chi connectivity index (χ1v) is 4.24. The molecule has 1 aromatic rings. The second-order valence-corrected chi connectivity index (χ2v) is 2.69. The van der Waals surface area contributed by atoms with Gasteiger partial charge in [0.05, 0.1) is 0 Å². The van der Waals surface area contributed by atoms with Gasteiger partial charge in [-0.15, -0.1) is 5.92 Å². The van der Waals surface area contributed by atoms with E-state index < -0.39 is 0 Å². The Morgan fingerprint density at radius 2 is 2.07 bits per heavy atom. The highest BCUT2D eigenvalue weighted by molar-refractivity contribution is 5.56. The lowest BCUT2D eigenvalue weighted by Crippen LogP contribution is -1.93. The number of hydrogen-bond acceptors (Lipinski definition) is 2. The van der Waals surface area contributed by atoms with Crippen LogP contribution in [0.5, 0.6) is 5.75 Å². The standard InChI is InChI=1S/C12H12O2/c1-3-4-9-14-12-7-5-11(6-8-12)10(2)13/h5-8,13H,2,9H2,1H3. The van der Waals surface area contributed by atoms with Crippen LogP contribution in [-0.4, -0.2) is 11.7 Å². The Bertz CT molecular complexity index is 366. The first kappa shape index (κ1) is 10.2. The maximum absolute atomic E-state index is 9.07. The average molecular weight is 188 g/mol. The highest BCUT2D eigenvalue weighted by Gasteiger charge is 1.96. The van der Waals surface area contributed by atoms with Crippen molar-refractivity contribution in [2.75, 3.05) is 6.61 Å². The van der Waals surface area contributed by atoms with Crippen LogP contribution in [0.1, 0.15) is 12.5 Å². The van der Waals surface area contributed by atoms with Crippen molar-refractivity contribution >= 4 is 5.76 Å². The Labute approximate surface area is 83.8 Å². The fourth-order valence-electron chi connectivity index (χ4n) is 0.935. The van der Waals surface area contributed by atoms with Crippen LogP contribution < -0.4 is 4.74 Å². The van der Waals surface area contributed by atoms with Gasteiger partial charge in [0.25, 0.3) is 0 Å². The molecule has 0 aliphatic heterocycles. The Balaban J connectivity index is 2.62. The molecule has 1 N–H and O–H groups in total. The molecule has 0 heterocycles. The molecule has 0 spiro atoms. The molecule has 0 fully saturated rings. The zero-order valence-corrected chi connectivity index (χ0v) is 8.08. The van der Waals surface area contributed by atoms with Crippen LogP contribution in [-0.2, 0) is 0 Å². The summed E-state index contributed by atoms with van der Waals surface area (Å²) in [5, 5.41) is 9.07. The van der Waals surface area contributed by atoms with Crippen molar-refractivity contribution in [2.24, 2.45) is 0 Å². The van der Waals surface area contributed by atoms with E-state index in [0.29, 0.717) is 12.2 Å². The van der Waals surface area contributed by atoms with E-state index in [2.05, 4.69) is 18.4 Å². The van der Waals surface area contributed by atoms with Crippen LogP contribution in [0.2, 0.25) is 0 Å². The zero-order valence-electron chi connectivity index (χ0n) is 8.08. The lowest BCUT2D eigenvalue weighted by molar-refractivity contribution is 0.370. The van der Waals surface area contributed by atoms with Crippen LogP contribution in [0.3, 0.4) is 0 Å². The highest BCUT2D eigenvalue weighted by atomic mass is 16.5. The van der Waals surface area contributed by atoms with E-state index in [9.17, 15) is 0 Å². The molecule has 0 saturated heterocycles. The summed E-state index contributed by atoms with van der Waals surface area (Å²) in [4.78, 5) is 0. The summed E-state index contributed by atoms with van der Waals surface area (Å²) in [5.74, 6) is 6.33. The van der Waals surface area contributed by atoms with Crippen LogP contribution in [0.25, 0.3) is 5.76 Å². The van der Waals surface area contributed by atoms with Gasteiger partial charge in [-0.3, -0.25) is 0 Å². The van der Waals surface area contributed by atoms with Gasteiger partial charge in [0.2, 0.25) is 0 Å². The molecule has 1 aromatic carbocycles. The number of aliphatic hydroxyl groups is 1. The van der Waals surface area contributed by atoms with E-state index >= 15 is 0 Å². The van der Waals surface area contributed by atoms with E-state index in [-0.39, 0.29) is 5.76 Å². The van der Waals surface area contributed by atoms with Gasteiger partial charge in [0, 0.05) is 5.56 Å². The molecular formula is C12H12O2. The van der Waals surface area contributed by atoms with Crippen LogP contribution in [0.15, 0.2) is 30.8 Å². The monoisotopic (exact) mass is 188 g/mol. The van der Waals surface area contributed by atoms with E-state index in [1.807, 2.05) is 0 Å². The third-order valence-corrected chi connectivity index (χ3v) is 1.68. The van der Waals surface area contributed by atoms with Gasteiger partial charge < -0.3 is 9.84 Å². The van der Waals surface area contributed by atoms with Gasteiger partial charge in [-0.1, -0.05) is 12.5 Å². The maximum atomic E-state index is 9.07. The topological polar surface area (TPSA) is 29.5 Å². The predicted octanol–water partition coefficient (Wildman–Crippen LogP) is 2.62. The number of benzene rings is 1. The number of aliphatic hydroxyl groups excluding tert-OH is 1. The first-order valence-electron chi connectivity index (χ1n) is 4.24. The SMILES string of the molecule is C=C(O)c1ccc(OCC#CC)cc1. The van der Waals surface area contributed by atoms with E-state index in [1.54, 1.807) is 31.2 Å². The van der Waals surface area contributed by atoms with Crippen LogP contribution in [0, 0.1) is 11.8 Å². The second kappa shape index (κ2) is 4.98. The molecule has 0 aliphatic carbocycles. The molecule has 0 saturated carbocycles. The second-order valence-electron chi connectivity index (χ2n) is 2.69. The third-order valence-electron chi connectivity index (χ3n) is 1.68. The maximum Gasteiger partial charge on any atom is 0.149 e. The molecule has 2 nitrogen and oxygen atoms in total. The van der Waals surface area contributed by atoms with Crippen molar-refractivity contribution in [3.05, 3.63) is 36.4 Å². The first-order chi connectivity index (χ1) is 6.74. The largest absolute Gasteiger partial charge is 0.508 e. The fourth-order valence-corrected chi connectivity index (χ4v) is 0.935. The molecule has 72 valence electrons. The van der Waals surface area contributed by atoms with Crippen LogP contribution in [0.4, 0.5) is 0 Å². The van der Waals surface area contributed by atoms with Gasteiger partial charge in [-0.25, -0.2) is 0 Å². The summed E-state index contributed by atoms with van der Waals surface area (Å²) in [7, 11) is 0. The number of hydrogen-bond donors (Lipinski definition) is 1. The molecule has 0 amide bonds. The minimum Gasteiger partial charge on any atom is -0.508 e. The summed E-state index contributed by atoms with van der Waals surface area (Å²) in [5.41, 5.74) is 0.693. The molecule has 0 bridgehead atoms. The van der Waals surface area contributed by atoms with Crippen molar-refractivity contribution in [3.63, 3.8) is 0 Å². The molecule has 14 heavy (non-hydrogen) atoms. The number of rotatable bonds is 3. The van der Waals surface area contributed by atoms with E-state index in [1.165, 1.54) is 0 Å². The van der Waals surface area contributed by atoms with Gasteiger partial charge in [-0.05, 0) is 31.2 Å². The van der Waals surface area contributed by atoms with Crippen LogP contribution >= 0.6 is 0 Å². The minimum absolute atomic E-state index is 0.0601. The Kier molecular flexibility index (Phi) is 3.63. The third kappa shape index (κ3) is 2.87. The normalized spacial score (nSPS) is 8.64. The summed E-state index contributed by atoms with van der Waals surface area (Å²) >= 11 is 0. The smallest absolute Gasteiger partial charge is 0.149 e. The van der Waals surface area contributed by atoms with Gasteiger partial charge in [0.15, 0.2) is 0 Å². The fraction of sp³-hybridized carbons (Fsp3) is 0.167. The Morgan fingerprint density at radius 1 is 1.43 bits per heavy atom.